The molecule has 52 heavy (non-hydrogen) atoms. The molecule has 1 amide bonds. The van der Waals surface area contributed by atoms with Gasteiger partial charge in [-0.1, -0.05) is 0 Å². The maximum atomic E-state index is 14.3. The molecule has 5 heterocycles. The monoisotopic (exact) mass is 759 g/mol. The number of ether oxygens (including phenoxy) is 3. The number of piperidine rings is 1. The second kappa shape index (κ2) is 15.3. The van der Waals surface area contributed by atoms with Crippen LogP contribution in [0.25, 0.3) is 0 Å². The standard InChI is InChI=1S/C33H45F4N7O7S/c1-23(2)44(21-33(35,36)37)30(45)26-15-24(34)3-4-27(26)51-28-16-38-22-39-29(28)42-18-31(19-42)7-9-41(10-8-31)20-32(46)6-5-25(17-50-32)40-52(47,48)43-11-13-49-14-12-43/h3-4,15-16,22-23,25,40,46H,5-14,17-21H2,1-2H3/t25-,32-/m1/s1. The molecule has 0 saturated carbocycles. The number of carbonyl (C=O) groups is 1. The van der Waals surface area contributed by atoms with Gasteiger partial charge < -0.3 is 29.1 Å². The summed E-state index contributed by atoms with van der Waals surface area (Å²) in [5, 5.41) is 11.2. The molecule has 14 nitrogen and oxygen atoms in total. The van der Waals surface area contributed by atoms with E-state index in [9.17, 15) is 35.9 Å². The Morgan fingerprint density at radius 3 is 2.48 bits per heavy atom. The molecule has 1 aromatic carbocycles. The maximum absolute atomic E-state index is 14.3. The van der Waals surface area contributed by atoms with Gasteiger partial charge in [-0.25, -0.2) is 14.4 Å². The molecule has 0 bridgehead atoms. The Hall–Kier alpha value is -3.20. The summed E-state index contributed by atoms with van der Waals surface area (Å²) in [7, 11) is -3.67. The number of carbonyl (C=O) groups excluding carboxylic acids is 1. The van der Waals surface area contributed by atoms with Crippen LogP contribution in [0, 0.1) is 11.2 Å². The summed E-state index contributed by atoms with van der Waals surface area (Å²) >= 11 is 0. The molecule has 2 N–H and O–H groups in total. The molecule has 2 atom stereocenters. The van der Waals surface area contributed by atoms with Gasteiger partial charge >= 0.3 is 6.18 Å². The van der Waals surface area contributed by atoms with Crippen LogP contribution >= 0.6 is 0 Å². The number of halogens is 4. The Balaban J connectivity index is 1.02. The predicted molar refractivity (Wildman–Crippen MR) is 179 cm³/mol. The molecule has 288 valence electrons. The van der Waals surface area contributed by atoms with E-state index in [1.54, 1.807) is 0 Å². The summed E-state index contributed by atoms with van der Waals surface area (Å²) in [5.41, 5.74) is -0.377. The van der Waals surface area contributed by atoms with Crippen molar-refractivity contribution in [2.75, 3.05) is 77.1 Å². The highest BCUT2D eigenvalue weighted by Crippen LogP contribution is 2.45. The molecule has 0 unspecified atom stereocenters. The van der Waals surface area contributed by atoms with Crippen molar-refractivity contribution in [1.29, 1.82) is 0 Å². The van der Waals surface area contributed by atoms with Crippen molar-refractivity contribution in [1.82, 2.24) is 28.8 Å². The summed E-state index contributed by atoms with van der Waals surface area (Å²) < 4.78 is 101. The first-order valence-corrected chi connectivity index (χ1v) is 18.8. The zero-order chi connectivity index (χ0) is 37.3. The second-order valence-corrected chi connectivity index (χ2v) is 16.1. The molecule has 0 radical (unpaired) electrons. The van der Waals surface area contributed by atoms with E-state index in [1.807, 2.05) is 4.90 Å². The molecule has 19 heteroatoms. The minimum atomic E-state index is -4.65. The summed E-state index contributed by atoms with van der Waals surface area (Å²) in [5.74, 6) is -2.72. The number of aromatic nitrogens is 2. The van der Waals surface area contributed by atoms with Crippen LogP contribution < -0.4 is 14.4 Å². The fourth-order valence-electron chi connectivity index (χ4n) is 7.20. The Morgan fingerprint density at radius 2 is 1.85 bits per heavy atom. The molecule has 4 saturated heterocycles. The number of nitrogens with one attached hydrogen (secondary N) is 1. The van der Waals surface area contributed by atoms with E-state index in [0.29, 0.717) is 76.2 Å². The van der Waals surface area contributed by atoms with E-state index in [2.05, 4.69) is 19.6 Å². The lowest BCUT2D eigenvalue weighted by atomic mass is 9.72. The minimum Gasteiger partial charge on any atom is -0.451 e. The Morgan fingerprint density at radius 1 is 1.13 bits per heavy atom. The lowest BCUT2D eigenvalue weighted by molar-refractivity contribution is -0.239. The quantitative estimate of drug-likeness (QED) is 0.326. The van der Waals surface area contributed by atoms with Gasteiger partial charge in [0.2, 0.25) is 0 Å². The van der Waals surface area contributed by atoms with Gasteiger partial charge in [-0.2, -0.15) is 30.6 Å². The number of β-amino-alcohol motifs (C(OH)–C–C–N with tert-alkyl or cyclic N) is 1. The third kappa shape index (κ3) is 9.11. The third-order valence-electron chi connectivity index (χ3n) is 10.1. The third-order valence-corrected chi connectivity index (χ3v) is 11.8. The van der Waals surface area contributed by atoms with Gasteiger partial charge in [0.05, 0.1) is 38.1 Å². The summed E-state index contributed by atoms with van der Waals surface area (Å²) in [6.45, 7) is 5.75. The number of morpholine rings is 1. The molecule has 1 spiro atoms. The highest BCUT2D eigenvalue weighted by atomic mass is 32.2. The fraction of sp³-hybridized carbons (Fsp3) is 0.667. The Kier molecular flexibility index (Phi) is 11.3. The van der Waals surface area contributed by atoms with Crippen molar-refractivity contribution >= 4 is 21.9 Å². The number of likely N-dealkylation sites (tertiary alicyclic amines) is 1. The molecule has 1 aromatic heterocycles. The zero-order valence-corrected chi connectivity index (χ0v) is 30.0. The fourth-order valence-corrected chi connectivity index (χ4v) is 8.58. The highest BCUT2D eigenvalue weighted by Gasteiger charge is 2.48. The van der Waals surface area contributed by atoms with Crippen molar-refractivity contribution in [2.24, 2.45) is 5.41 Å². The van der Waals surface area contributed by atoms with E-state index in [-0.39, 0.29) is 35.5 Å². The molecule has 2 aromatic rings. The number of benzene rings is 1. The van der Waals surface area contributed by atoms with E-state index in [4.69, 9.17) is 14.2 Å². The van der Waals surface area contributed by atoms with Gasteiger partial charge in [0.25, 0.3) is 16.1 Å². The van der Waals surface area contributed by atoms with Gasteiger partial charge in [-0.3, -0.25) is 9.69 Å². The smallest absolute Gasteiger partial charge is 0.406 e. The number of hydrogen-bond acceptors (Lipinski definition) is 11. The number of anilines is 1. The molecular formula is C33H45F4N7O7S. The van der Waals surface area contributed by atoms with Crippen molar-refractivity contribution in [3.8, 4) is 11.5 Å². The van der Waals surface area contributed by atoms with Crippen LogP contribution in [0.1, 0.15) is 49.9 Å². The van der Waals surface area contributed by atoms with Crippen LogP contribution in [0.3, 0.4) is 0 Å². The minimum absolute atomic E-state index is 0.0238. The van der Waals surface area contributed by atoms with Crippen molar-refractivity contribution in [3.63, 3.8) is 0 Å². The van der Waals surface area contributed by atoms with E-state index < -0.39 is 52.5 Å². The second-order valence-electron chi connectivity index (χ2n) is 14.4. The van der Waals surface area contributed by atoms with Gasteiger partial charge in [-0.05, 0) is 64.4 Å². The summed E-state index contributed by atoms with van der Waals surface area (Å²) in [6.07, 6.45) is 0.486. The predicted octanol–water partition coefficient (Wildman–Crippen LogP) is 2.76. The van der Waals surface area contributed by atoms with E-state index >= 15 is 0 Å². The summed E-state index contributed by atoms with van der Waals surface area (Å²) in [4.78, 5) is 26.5. The number of rotatable bonds is 11. The number of amides is 1. The maximum Gasteiger partial charge on any atom is 0.406 e. The topological polar surface area (TPSA) is 150 Å². The van der Waals surface area contributed by atoms with Crippen LogP contribution in [0.15, 0.2) is 30.7 Å². The van der Waals surface area contributed by atoms with Crippen LogP contribution in [-0.4, -0.2) is 140 Å². The SMILES string of the molecule is CC(C)N(CC(F)(F)F)C(=O)c1cc(F)ccc1Oc1cncnc1N1CC2(CCN(C[C@@]3(O)CC[C@@H](NS(=O)(=O)N4CCOCC4)CO3)CC2)C1. The van der Waals surface area contributed by atoms with Gasteiger partial charge in [0.15, 0.2) is 17.4 Å². The Bertz CT molecular complexity index is 1670. The molecule has 4 aliphatic rings. The number of hydrogen-bond donors (Lipinski definition) is 2. The number of nitrogens with zero attached hydrogens (tertiary/aromatic N) is 6. The zero-order valence-electron chi connectivity index (χ0n) is 29.1. The largest absolute Gasteiger partial charge is 0.451 e. The first-order chi connectivity index (χ1) is 24.5. The van der Waals surface area contributed by atoms with Crippen LogP contribution in [0.5, 0.6) is 11.5 Å². The van der Waals surface area contributed by atoms with Crippen LogP contribution in [-0.2, 0) is 19.7 Å². The average molecular weight is 760 g/mol. The van der Waals surface area contributed by atoms with Crippen LogP contribution in [0.2, 0.25) is 0 Å². The van der Waals surface area contributed by atoms with Crippen molar-refractivity contribution < 1.29 is 50.1 Å². The first kappa shape index (κ1) is 38.5. The lowest BCUT2D eigenvalue weighted by Gasteiger charge is -2.55. The van der Waals surface area contributed by atoms with Crippen LogP contribution in [0.4, 0.5) is 23.4 Å². The average Bonchev–Trinajstić information content (AvgIpc) is 3.08. The van der Waals surface area contributed by atoms with Gasteiger partial charge in [0, 0.05) is 50.1 Å². The molecule has 0 aliphatic carbocycles. The van der Waals surface area contributed by atoms with E-state index in [1.165, 1.54) is 36.7 Å². The number of alkyl halides is 3. The molecule has 4 fully saturated rings. The highest BCUT2D eigenvalue weighted by molar-refractivity contribution is 7.87. The van der Waals surface area contributed by atoms with Crippen molar-refractivity contribution in [3.05, 3.63) is 42.1 Å². The summed E-state index contributed by atoms with van der Waals surface area (Å²) in [6, 6.07) is 1.87. The first-order valence-electron chi connectivity index (χ1n) is 17.4. The molecular weight excluding hydrogens is 714 g/mol. The van der Waals surface area contributed by atoms with Crippen molar-refractivity contribution in [2.45, 2.75) is 63.6 Å². The molecule has 4 aliphatic heterocycles. The normalized spacial score (nSPS) is 24.5. The van der Waals surface area contributed by atoms with E-state index in [0.717, 1.165) is 25.0 Å². The van der Waals surface area contributed by atoms with Gasteiger partial charge in [-0.15, -0.1) is 0 Å². The van der Waals surface area contributed by atoms with Gasteiger partial charge in [0.1, 0.15) is 24.4 Å². The lowest BCUT2D eigenvalue weighted by Crippen LogP contribution is -2.62. The molecule has 6 rings (SSSR count). The number of aliphatic hydroxyl groups is 1. The Labute approximate surface area is 300 Å².